The maximum atomic E-state index is 12.1. The molecule has 122 valence electrons. The Morgan fingerprint density at radius 1 is 1.23 bits per heavy atom. The van der Waals surface area contributed by atoms with E-state index in [0.29, 0.717) is 5.54 Å². The van der Waals surface area contributed by atoms with E-state index in [9.17, 15) is 4.79 Å². The normalized spacial score (nSPS) is 40.7. The van der Waals surface area contributed by atoms with Crippen LogP contribution in [-0.4, -0.2) is 48.2 Å². The molecule has 0 atom stereocenters. The van der Waals surface area contributed by atoms with Gasteiger partial charge >= 0.3 is 5.97 Å². The van der Waals surface area contributed by atoms with E-state index in [1.165, 1.54) is 45.6 Å². The van der Waals surface area contributed by atoms with E-state index in [-0.39, 0.29) is 5.97 Å². The Labute approximate surface area is 133 Å². The van der Waals surface area contributed by atoms with Crippen molar-refractivity contribution in [2.75, 3.05) is 26.9 Å². The highest BCUT2D eigenvalue weighted by molar-refractivity contribution is 5.88. The van der Waals surface area contributed by atoms with E-state index >= 15 is 0 Å². The Bertz CT molecular complexity index is 464. The minimum atomic E-state index is -0.159. The number of methoxy groups -OCH3 is 1. The Hall–Kier alpha value is -1.03. The molecular weight excluding hydrogens is 276 g/mol. The van der Waals surface area contributed by atoms with Gasteiger partial charge in [-0.25, -0.2) is 4.79 Å². The van der Waals surface area contributed by atoms with E-state index in [0.717, 1.165) is 43.1 Å². The van der Waals surface area contributed by atoms with Crippen LogP contribution in [0.5, 0.6) is 0 Å². The molecule has 0 spiro atoms. The summed E-state index contributed by atoms with van der Waals surface area (Å²) in [6.45, 7) is 4.86. The summed E-state index contributed by atoms with van der Waals surface area (Å²) in [5, 5.41) is 0. The summed E-state index contributed by atoms with van der Waals surface area (Å²) >= 11 is 0. The van der Waals surface area contributed by atoms with Crippen molar-refractivity contribution in [2.45, 2.75) is 51.0 Å². The lowest BCUT2D eigenvalue weighted by molar-refractivity contribution is -0.138. The Morgan fingerprint density at radius 2 is 1.82 bits per heavy atom. The van der Waals surface area contributed by atoms with E-state index < -0.39 is 0 Å². The second kappa shape index (κ2) is 5.26. The summed E-state index contributed by atoms with van der Waals surface area (Å²) in [4.78, 5) is 16.9. The molecule has 5 aliphatic rings. The summed E-state index contributed by atoms with van der Waals surface area (Å²) in [6, 6.07) is 0. The van der Waals surface area contributed by atoms with E-state index in [4.69, 9.17) is 4.74 Å². The van der Waals surface area contributed by atoms with Crippen molar-refractivity contribution >= 4 is 5.97 Å². The Kier molecular flexibility index (Phi) is 3.48. The third kappa shape index (κ3) is 2.27. The van der Waals surface area contributed by atoms with Gasteiger partial charge in [-0.15, -0.1) is 0 Å². The number of hydrogen-bond donors (Lipinski definition) is 0. The third-order valence-corrected chi connectivity index (χ3v) is 6.58. The lowest BCUT2D eigenvalue weighted by Gasteiger charge is -2.61. The Morgan fingerprint density at radius 3 is 2.32 bits per heavy atom. The summed E-state index contributed by atoms with van der Waals surface area (Å²) in [6.07, 6.45) is 10.5. The molecule has 4 nitrogen and oxygen atoms in total. The standard InChI is InChI=1S/C18H28N2O2/c1-3-19-10-16(17(21)22-2)11-20(12-19)18-7-13-4-14(8-18)6-15(5-13)9-18/h10,13-15H,3-9,11-12H2,1-2H3. The molecule has 0 saturated heterocycles. The molecular formula is C18H28N2O2. The lowest BCUT2D eigenvalue weighted by atomic mass is 9.52. The van der Waals surface area contributed by atoms with Gasteiger partial charge in [-0.3, -0.25) is 4.90 Å². The second-order valence-electron chi connectivity index (χ2n) is 8.03. The van der Waals surface area contributed by atoms with Crippen LogP contribution in [0, 0.1) is 17.8 Å². The van der Waals surface area contributed by atoms with Gasteiger partial charge in [0, 0.05) is 24.8 Å². The van der Waals surface area contributed by atoms with Crippen LogP contribution in [0.15, 0.2) is 11.8 Å². The third-order valence-electron chi connectivity index (χ3n) is 6.58. The summed E-state index contributed by atoms with van der Waals surface area (Å²) in [5.41, 5.74) is 1.18. The molecule has 4 saturated carbocycles. The monoisotopic (exact) mass is 304 g/mol. The molecule has 0 N–H and O–H groups in total. The summed E-state index contributed by atoms with van der Waals surface area (Å²) in [5.74, 6) is 2.66. The van der Waals surface area contributed by atoms with Crippen molar-refractivity contribution < 1.29 is 9.53 Å². The van der Waals surface area contributed by atoms with Crippen molar-refractivity contribution in [3.8, 4) is 0 Å². The average Bonchev–Trinajstić information content (AvgIpc) is 2.52. The van der Waals surface area contributed by atoms with Gasteiger partial charge in [-0.1, -0.05) is 0 Å². The molecule has 0 radical (unpaired) electrons. The van der Waals surface area contributed by atoms with Gasteiger partial charge in [-0.05, 0) is 63.2 Å². The zero-order valence-electron chi connectivity index (χ0n) is 13.9. The predicted octanol–water partition coefficient (Wildman–Crippen LogP) is 2.61. The number of carbonyl (C=O) groups excluding carboxylic acids is 1. The first-order chi connectivity index (χ1) is 10.6. The lowest BCUT2D eigenvalue weighted by Crippen LogP contribution is -2.63. The number of ether oxygens (including phenoxy) is 1. The van der Waals surface area contributed by atoms with Crippen molar-refractivity contribution in [1.29, 1.82) is 0 Å². The minimum Gasteiger partial charge on any atom is -0.466 e. The summed E-state index contributed by atoms with van der Waals surface area (Å²) < 4.78 is 4.99. The van der Waals surface area contributed by atoms with Gasteiger partial charge in [-0.2, -0.15) is 0 Å². The highest BCUT2D eigenvalue weighted by atomic mass is 16.5. The minimum absolute atomic E-state index is 0.159. The maximum absolute atomic E-state index is 12.1. The molecule has 0 amide bonds. The molecule has 0 unspecified atom stereocenters. The van der Waals surface area contributed by atoms with E-state index in [2.05, 4.69) is 16.7 Å². The van der Waals surface area contributed by atoms with Gasteiger partial charge in [0.1, 0.15) is 0 Å². The Balaban J connectivity index is 1.60. The fourth-order valence-electron chi connectivity index (χ4n) is 5.99. The number of carbonyl (C=O) groups is 1. The van der Waals surface area contributed by atoms with Crippen LogP contribution in [0.3, 0.4) is 0 Å². The topological polar surface area (TPSA) is 32.8 Å². The average molecular weight is 304 g/mol. The molecule has 5 rings (SSSR count). The van der Waals surface area contributed by atoms with Crippen molar-refractivity contribution in [3.63, 3.8) is 0 Å². The molecule has 4 aliphatic carbocycles. The van der Waals surface area contributed by atoms with Crippen LogP contribution in [0.2, 0.25) is 0 Å². The number of nitrogens with zero attached hydrogens (tertiary/aromatic N) is 2. The molecule has 4 bridgehead atoms. The van der Waals surface area contributed by atoms with Crippen LogP contribution >= 0.6 is 0 Å². The number of hydrogen-bond acceptors (Lipinski definition) is 4. The fourth-order valence-corrected chi connectivity index (χ4v) is 5.99. The van der Waals surface area contributed by atoms with E-state index in [1.54, 1.807) is 0 Å². The predicted molar refractivity (Wildman–Crippen MR) is 85.0 cm³/mol. The van der Waals surface area contributed by atoms with Crippen LogP contribution in [0.25, 0.3) is 0 Å². The number of rotatable bonds is 3. The molecule has 4 heteroatoms. The first kappa shape index (κ1) is 14.6. The molecule has 1 heterocycles. The smallest absolute Gasteiger partial charge is 0.336 e. The first-order valence-corrected chi connectivity index (χ1v) is 8.90. The zero-order chi connectivity index (χ0) is 15.3. The van der Waals surface area contributed by atoms with Gasteiger partial charge in [0.25, 0.3) is 0 Å². The van der Waals surface area contributed by atoms with Crippen molar-refractivity contribution in [2.24, 2.45) is 17.8 Å². The molecule has 0 aromatic rings. The molecule has 4 fully saturated rings. The molecule has 0 aromatic carbocycles. The number of esters is 1. The highest BCUT2D eigenvalue weighted by Gasteiger charge is 2.54. The van der Waals surface area contributed by atoms with Crippen LogP contribution < -0.4 is 0 Å². The van der Waals surface area contributed by atoms with Crippen LogP contribution in [-0.2, 0) is 9.53 Å². The zero-order valence-corrected chi connectivity index (χ0v) is 13.9. The van der Waals surface area contributed by atoms with Gasteiger partial charge < -0.3 is 9.64 Å². The van der Waals surface area contributed by atoms with Crippen LogP contribution in [0.4, 0.5) is 0 Å². The van der Waals surface area contributed by atoms with Gasteiger partial charge in [0.2, 0.25) is 0 Å². The summed E-state index contributed by atoms with van der Waals surface area (Å²) in [7, 11) is 1.49. The van der Waals surface area contributed by atoms with Crippen LogP contribution in [0.1, 0.15) is 45.4 Å². The van der Waals surface area contributed by atoms with Gasteiger partial charge in [0.05, 0.1) is 19.4 Å². The molecule has 0 aromatic heterocycles. The largest absolute Gasteiger partial charge is 0.466 e. The second-order valence-corrected chi connectivity index (χ2v) is 8.03. The fraction of sp³-hybridized carbons (Fsp3) is 0.833. The van der Waals surface area contributed by atoms with E-state index in [1.807, 2.05) is 6.20 Å². The quantitative estimate of drug-likeness (QED) is 0.750. The highest BCUT2D eigenvalue weighted by Crippen LogP contribution is 2.58. The van der Waals surface area contributed by atoms with Gasteiger partial charge in [0.15, 0.2) is 0 Å². The maximum Gasteiger partial charge on any atom is 0.336 e. The molecule has 22 heavy (non-hydrogen) atoms. The van der Waals surface area contributed by atoms with Crippen molar-refractivity contribution in [1.82, 2.24) is 9.80 Å². The SMILES string of the molecule is CCN1C=C(C(=O)OC)CN(C23CC4CC(CC(C4)C2)C3)C1. The van der Waals surface area contributed by atoms with Crippen molar-refractivity contribution in [3.05, 3.63) is 11.8 Å². The first-order valence-electron chi connectivity index (χ1n) is 8.90. The molecule has 1 aliphatic heterocycles.